The van der Waals surface area contributed by atoms with Gasteiger partial charge in [0.1, 0.15) is 11.3 Å². The summed E-state index contributed by atoms with van der Waals surface area (Å²) in [6, 6.07) is 13.1. The molecule has 0 spiro atoms. The SMILES string of the molecule is Cc1c(C(=O)NNC(=O)c2cccc(O)c2)oc2ccccc12. The number of benzene rings is 2. The molecule has 0 bridgehead atoms. The Morgan fingerprint density at radius 3 is 2.48 bits per heavy atom. The number of nitrogens with one attached hydrogen (secondary N) is 2. The Morgan fingerprint density at radius 2 is 1.74 bits per heavy atom. The van der Waals surface area contributed by atoms with Gasteiger partial charge in [-0.25, -0.2) is 0 Å². The molecular formula is C17H14N2O4. The van der Waals surface area contributed by atoms with Gasteiger partial charge in [-0.2, -0.15) is 0 Å². The third-order valence-electron chi connectivity index (χ3n) is 3.45. The van der Waals surface area contributed by atoms with Crippen LogP contribution in [0.5, 0.6) is 5.75 Å². The first kappa shape index (κ1) is 14.6. The molecule has 1 heterocycles. The van der Waals surface area contributed by atoms with Gasteiger partial charge >= 0.3 is 5.91 Å². The summed E-state index contributed by atoms with van der Waals surface area (Å²) >= 11 is 0. The van der Waals surface area contributed by atoms with Crippen molar-refractivity contribution in [2.75, 3.05) is 0 Å². The zero-order chi connectivity index (χ0) is 16.4. The molecule has 0 unspecified atom stereocenters. The van der Waals surface area contributed by atoms with E-state index in [1.165, 1.54) is 24.3 Å². The fourth-order valence-corrected chi connectivity index (χ4v) is 2.28. The maximum absolute atomic E-state index is 12.2. The molecule has 0 aliphatic heterocycles. The summed E-state index contributed by atoms with van der Waals surface area (Å²) in [5, 5.41) is 10.2. The molecule has 0 saturated carbocycles. The highest BCUT2D eigenvalue weighted by atomic mass is 16.3. The number of phenols is 1. The lowest BCUT2D eigenvalue weighted by atomic mass is 10.1. The van der Waals surface area contributed by atoms with Crippen molar-refractivity contribution in [3.05, 3.63) is 65.4 Å². The van der Waals surface area contributed by atoms with Crippen molar-refractivity contribution in [2.45, 2.75) is 6.92 Å². The van der Waals surface area contributed by atoms with Crippen LogP contribution in [0.1, 0.15) is 26.5 Å². The molecule has 23 heavy (non-hydrogen) atoms. The highest BCUT2D eigenvalue weighted by Crippen LogP contribution is 2.24. The number of furan rings is 1. The predicted molar refractivity (Wildman–Crippen MR) is 84.0 cm³/mol. The lowest BCUT2D eigenvalue weighted by Crippen LogP contribution is -2.41. The number of fused-ring (bicyclic) bond motifs is 1. The quantitative estimate of drug-likeness (QED) is 0.634. The first-order valence-electron chi connectivity index (χ1n) is 6.94. The van der Waals surface area contributed by atoms with Gasteiger partial charge in [-0.05, 0) is 31.2 Å². The van der Waals surface area contributed by atoms with Gasteiger partial charge in [0.2, 0.25) is 0 Å². The first-order chi connectivity index (χ1) is 11.1. The summed E-state index contributed by atoms with van der Waals surface area (Å²) in [6.45, 7) is 1.78. The monoisotopic (exact) mass is 310 g/mol. The molecule has 3 N–H and O–H groups in total. The molecule has 0 atom stereocenters. The molecule has 2 aromatic carbocycles. The number of carbonyl (C=O) groups is 2. The smallest absolute Gasteiger partial charge is 0.305 e. The van der Waals surface area contributed by atoms with Crippen molar-refractivity contribution in [1.29, 1.82) is 0 Å². The maximum Gasteiger partial charge on any atom is 0.305 e. The van der Waals surface area contributed by atoms with Crippen LogP contribution in [-0.2, 0) is 0 Å². The van der Waals surface area contributed by atoms with E-state index in [4.69, 9.17) is 4.42 Å². The van der Waals surface area contributed by atoms with Crippen LogP contribution in [0, 0.1) is 6.92 Å². The average molecular weight is 310 g/mol. The van der Waals surface area contributed by atoms with E-state index in [1.807, 2.05) is 18.2 Å². The van der Waals surface area contributed by atoms with Crippen LogP contribution in [0.4, 0.5) is 0 Å². The minimum atomic E-state index is -0.549. The zero-order valence-corrected chi connectivity index (χ0v) is 12.3. The van der Waals surface area contributed by atoms with Gasteiger partial charge in [0.05, 0.1) is 0 Å². The third-order valence-corrected chi connectivity index (χ3v) is 3.45. The van der Waals surface area contributed by atoms with Crippen LogP contribution >= 0.6 is 0 Å². The van der Waals surface area contributed by atoms with E-state index in [9.17, 15) is 14.7 Å². The molecule has 1 aromatic heterocycles. The second-order valence-electron chi connectivity index (χ2n) is 5.01. The van der Waals surface area contributed by atoms with Crippen LogP contribution in [0.3, 0.4) is 0 Å². The largest absolute Gasteiger partial charge is 0.508 e. The first-order valence-corrected chi connectivity index (χ1v) is 6.94. The van der Waals surface area contributed by atoms with E-state index in [1.54, 1.807) is 13.0 Å². The Kier molecular flexibility index (Phi) is 3.72. The summed E-state index contributed by atoms with van der Waals surface area (Å²) in [7, 11) is 0. The Labute approximate surface area is 131 Å². The molecule has 6 heteroatoms. The third kappa shape index (κ3) is 2.87. The second kappa shape index (κ2) is 5.84. The standard InChI is InChI=1S/C17H14N2O4/c1-10-13-7-2-3-8-14(13)23-15(10)17(22)19-18-16(21)11-5-4-6-12(20)9-11/h2-9,20H,1H3,(H,18,21)(H,19,22). The Morgan fingerprint density at radius 1 is 1.00 bits per heavy atom. The van der Waals surface area contributed by atoms with Crippen LogP contribution in [0.25, 0.3) is 11.0 Å². The molecule has 0 aliphatic rings. The van der Waals surface area contributed by atoms with Gasteiger partial charge in [0.15, 0.2) is 5.76 Å². The molecule has 3 aromatic rings. The molecule has 0 aliphatic carbocycles. The van der Waals surface area contributed by atoms with Gasteiger partial charge in [-0.3, -0.25) is 20.4 Å². The topological polar surface area (TPSA) is 91.6 Å². The van der Waals surface area contributed by atoms with Crippen LogP contribution < -0.4 is 10.9 Å². The summed E-state index contributed by atoms with van der Waals surface area (Å²) in [5.41, 5.74) is 6.12. The van der Waals surface area contributed by atoms with Crippen molar-refractivity contribution in [2.24, 2.45) is 0 Å². The van der Waals surface area contributed by atoms with Gasteiger partial charge in [0, 0.05) is 16.5 Å². The number of hydrogen-bond acceptors (Lipinski definition) is 4. The van der Waals surface area contributed by atoms with Crippen molar-refractivity contribution >= 4 is 22.8 Å². The molecule has 2 amide bonds. The molecule has 0 fully saturated rings. The van der Waals surface area contributed by atoms with Crippen molar-refractivity contribution in [3.63, 3.8) is 0 Å². The predicted octanol–water partition coefficient (Wildman–Crippen LogP) is 2.52. The Bertz CT molecular complexity index is 898. The minimum absolute atomic E-state index is 0.0305. The van der Waals surface area contributed by atoms with Crippen molar-refractivity contribution < 1.29 is 19.1 Å². The van der Waals surface area contributed by atoms with Gasteiger partial charge in [-0.1, -0.05) is 24.3 Å². The Hall–Kier alpha value is -3.28. The summed E-state index contributed by atoms with van der Waals surface area (Å²) in [6.07, 6.45) is 0. The highest BCUT2D eigenvalue weighted by Gasteiger charge is 2.18. The fourth-order valence-electron chi connectivity index (χ4n) is 2.28. The number of aromatic hydroxyl groups is 1. The van der Waals surface area contributed by atoms with E-state index in [0.717, 1.165) is 5.39 Å². The molecular weight excluding hydrogens is 296 g/mol. The summed E-state index contributed by atoms with van der Waals surface area (Å²) < 4.78 is 5.51. The van der Waals surface area contributed by atoms with Gasteiger partial charge in [0.25, 0.3) is 5.91 Å². The van der Waals surface area contributed by atoms with E-state index in [0.29, 0.717) is 11.1 Å². The summed E-state index contributed by atoms with van der Waals surface area (Å²) in [5.74, 6) is -0.977. The number of amides is 2. The van der Waals surface area contributed by atoms with Crippen LogP contribution in [-0.4, -0.2) is 16.9 Å². The number of hydrazine groups is 1. The van der Waals surface area contributed by atoms with E-state index in [2.05, 4.69) is 10.9 Å². The van der Waals surface area contributed by atoms with Gasteiger partial charge < -0.3 is 9.52 Å². The minimum Gasteiger partial charge on any atom is -0.508 e. The molecule has 116 valence electrons. The normalized spacial score (nSPS) is 10.5. The number of hydrogen-bond donors (Lipinski definition) is 3. The van der Waals surface area contributed by atoms with Gasteiger partial charge in [-0.15, -0.1) is 0 Å². The molecule has 6 nitrogen and oxygen atoms in total. The fraction of sp³-hybridized carbons (Fsp3) is 0.0588. The Balaban J connectivity index is 1.74. The van der Waals surface area contributed by atoms with Crippen molar-refractivity contribution in [3.8, 4) is 5.75 Å². The number of para-hydroxylation sites is 1. The van der Waals surface area contributed by atoms with Crippen LogP contribution in [0.2, 0.25) is 0 Å². The summed E-state index contributed by atoms with van der Waals surface area (Å²) in [4.78, 5) is 24.1. The van der Waals surface area contributed by atoms with E-state index >= 15 is 0 Å². The second-order valence-corrected chi connectivity index (χ2v) is 5.01. The number of aryl methyl sites for hydroxylation is 1. The lowest BCUT2D eigenvalue weighted by molar-refractivity contribution is 0.0831. The average Bonchev–Trinajstić information content (AvgIpc) is 2.90. The number of rotatable bonds is 2. The number of carbonyl (C=O) groups excluding carboxylic acids is 2. The van der Waals surface area contributed by atoms with E-state index < -0.39 is 11.8 Å². The zero-order valence-electron chi connectivity index (χ0n) is 12.3. The highest BCUT2D eigenvalue weighted by molar-refractivity contribution is 6.01. The van der Waals surface area contributed by atoms with Crippen molar-refractivity contribution in [1.82, 2.24) is 10.9 Å². The molecule has 3 rings (SSSR count). The lowest BCUT2D eigenvalue weighted by Gasteiger charge is -2.06. The molecule has 0 saturated heterocycles. The van der Waals surface area contributed by atoms with E-state index in [-0.39, 0.29) is 17.1 Å². The number of phenolic OH excluding ortho intramolecular Hbond substituents is 1. The van der Waals surface area contributed by atoms with Crippen LogP contribution in [0.15, 0.2) is 52.9 Å². The molecule has 0 radical (unpaired) electrons. The maximum atomic E-state index is 12.2.